The number of hydrogen-bond acceptors (Lipinski definition) is 5. The molecule has 154 valence electrons. The Kier molecular flexibility index (Phi) is 6.26. The standard InChI is InChI=1S/C20H31N5O3/c26-19(16-25-8-2-6-21-25)22-9-4-18(5-10-22)24-7-1-3-17(15-24)20(27)23-11-13-28-14-12-23/h2,6,8,17-18H,1,3-5,7,9-16H2/t17-/m1/s1. The molecule has 4 rings (SSSR count). The number of amides is 2. The quantitative estimate of drug-likeness (QED) is 0.748. The van der Waals surface area contributed by atoms with E-state index in [1.54, 1.807) is 10.9 Å². The number of piperidine rings is 2. The summed E-state index contributed by atoms with van der Waals surface area (Å²) in [6, 6.07) is 2.32. The Bertz CT molecular complexity index is 651. The van der Waals surface area contributed by atoms with E-state index >= 15 is 0 Å². The second kappa shape index (κ2) is 9.05. The Morgan fingerprint density at radius 1 is 1.00 bits per heavy atom. The highest BCUT2D eigenvalue weighted by Gasteiger charge is 2.34. The van der Waals surface area contributed by atoms with Gasteiger partial charge in [0.05, 0.1) is 19.1 Å². The molecule has 3 aliphatic heterocycles. The summed E-state index contributed by atoms with van der Waals surface area (Å²) in [6.07, 6.45) is 7.58. The zero-order valence-corrected chi connectivity index (χ0v) is 16.5. The Balaban J connectivity index is 1.26. The molecule has 8 heteroatoms. The summed E-state index contributed by atoms with van der Waals surface area (Å²) in [7, 11) is 0. The van der Waals surface area contributed by atoms with E-state index in [1.807, 2.05) is 22.1 Å². The van der Waals surface area contributed by atoms with E-state index in [9.17, 15) is 9.59 Å². The van der Waals surface area contributed by atoms with E-state index in [0.29, 0.717) is 31.7 Å². The lowest BCUT2D eigenvalue weighted by molar-refractivity contribution is -0.142. The summed E-state index contributed by atoms with van der Waals surface area (Å²) in [5, 5.41) is 4.12. The lowest BCUT2D eigenvalue weighted by Gasteiger charge is -2.43. The van der Waals surface area contributed by atoms with Gasteiger partial charge in [-0.1, -0.05) is 0 Å². The van der Waals surface area contributed by atoms with Crippen LogP contribution in [0.25, 0.3) is 0 Å². The molecule has 1 aromatic rings. The lowest BCUT2D eigenvalue weighted by atomic mass is 9.92. The predicted octanol–water partition coefficient (Wildman–Crippen LogP) is 0.445. The summed E-state index contributed by atoms with van der Waals surface area (Å²) in [4.78, 5) is 31.8. The van der Waals surface area contributed by atoms with E-state index in [0.717, 1.165) is 65.0 Å². The molecular formula is C20H31N5O3. The third-order valence-corrected chi connectivity index (χ3v) is 6.31. The van der Waals surface area contributed by atoms with E-state index in [1.165, 1.54) is 0 Å². The fourth-order valence-corrected chi connectivity index (χ4v) is 4.69. The van der Waals surface area contributed by atoms with Crippen LogP contribution in [0.1, 0.15) is 25.7 Å². The van der Waals surface area contributed by atoms with Crippen LogP contribution in [0.4, 0.5) is 0 Å². The van der Waals surface area contributed by atoms with Gasteiger partial charge in [0.2, 0.25) is 11.8 Å². The van der Waals surface area contributed by atoms with Gasteiger partial charge in [-0.05, 0) is 38.3 Å². The van der Waals surface area contributed by atoms with Gasteiger partial charge in [-0.2, -0.15) is 5.10 Å². The van der Waals surface area contributed by atoms with E-state index in [4.69, 9.17) is 4.74 Å². The van der Waals surface area contributed by atoms with Crippen LogP contribution in [-0.2, 0) is 20.9 Å². The van der Waals surface area contributed by atoms with Crippen LogP contribution >= 0.6 is 0 Å². The number of morpholine rings is 1. The molecule has 0 spiro atoms. The van der Waals surface area contributed by atoms with Crippen molar-refractivity contribution in [3.8, 4) is 0 Å². The Morgan fingerprint density at radius 2 is 1.79 bits per heavy atom. The molecule has 2 amide bonds. The van der Waals surface area contributed by atoms with Gasteiger partial charge in [0.1, 0.15) is 6.54 Å². The van der Waals surface area contributed by atoms with Gasteiger partial charge < -0.3 is 14.5 Å². The molecule has 0 saturated carbocycles. The maximum Gasteiger partial charge on any atom is 0.244 e. The van der Waals surface area contributed by atoms with Crippen LogP contribution in [-0.4, -0.2) is 94.8 Å². The fourth-order valence-electron chi connectivity index (χ4n) is 4.69. The van der Waals surface area contributed by atoms with Gasteiger partial charge in [0.15, 0.2) is 0 Å². The molecule has 3 saturated heterocycles. The normalized spacial score (nSPS) is 25.1. The smallest absolute Gasteiger partial charge is 0.244 e. The molecule has 0 bridgehead atoms. The van der Waals surface area contributed by atoms with Gasteiger partial charge in [0, 0.05) is 51.2 Å². The van der Waals surface area contributed by atoms with Gasteiger partial charge in [-0.25, -0.2) is 0 Å². The zero-order valence-electron chi connectivity index (χ0n) is 16.5. The topological polar surface area (TPSA) is 70.9 Å². The molecular weight excluding hydrogens is 358 g/mol. The highest BCUT2D eigenvalue weighted by atomic mass is 16.5. The van der Waals surface area contributed by atoms with Crippen molar-refractivity contribution in [1.29, 1.82) is 0 Å². The fraction of sp³-hybridized carbons (Fsp3) is 0.750. The Labute approximate surface area is 166 Å². The Morgan fingerprint density at radius 3 is 2.50 bits per heavy atom. The SMILES string of the molecule is O=C(Cn1cccn1)N1CCC(N2CCC[C@@H](C(=O)N3CCOCC3)C2)CC1. The predicted molar refractivity (Wildman–Crippen MR) is 104 cm³/mol. The molecule has 8 nitrogen and oxygen atoms in total. The van der Waals surface area contributed by atoms with Gasteiger partial charge in [0.25, 0.3) is 0 Å². The lowest BCUT2D eigenvalue weighted by Crippen LogP contribution is -2.53. The zero-order chi connectivity index (χ0) is 19.3. The van der Waals surface area contributed by atoms with Crippen molar-refractivity contribution in [2.45, 2.75) is 38.3 Å². The molecule has 3 fully saturated rings. The number of aromatic nitrogens is 2. The van der Waals surface area contributed by atoms with Crippen LogP contribution in [0.2, 0.25) is 0 Å². The van der Waals surface area contributed by atoms with Crippen molar-refractivity contribution in [1.82, 2.24) is 24.5 Å². The van der Waals surface area contributed by atoms with Gasteiger partial charge in [-0.3, -0.25) is 19.2 Å². The highest BCUT2D eigenvalue weighted by molar-refractivity contribution is 5.79. The van der Waals surface area contributed by atoms with Gasteiger partial charge >= 0.3 is 0 Å². The Hall–Kier alpha value is -1.93. The van der Waals surface area contributed by atoms with Crippen molar-refractivity contribution in [3.63, 3.8) is 0 Å². The molecule has 28 heavy (non-hydrogen) atoms. The molecule has 3 aliphatic rings. The number of rotatable bonds is 4. The average Bonchev–Trinajstić information content (AvgIpc) is 3.27. The van der Waals surface area contributed by atoms with E-state index in [-0.39, 0.29) is 11.8 Å². The number of likely N-dealkylation sites (tertiary alicyclic amines) is 2. The average molecular weight is 390 g/mol. The molecule has 4 heterocycles. The van der Waals surface area contributed by atoms with Crippen LogP contribution in [0.3, 0.4) is 0 Å². The number of nitrogens with zero attached hydrogens (tertiary/aromatic N) is 5. The second-order valence-corrected chi connectivity index (χ2v) is 8.09. The minimum absolute atomic E-state index is 0.117. The largest absolute Gasteiger partial charge is 0.378 e. The van der Waals surface area contributed by atoms with Crippen LogP contribution in [0.15, 0.2) is 18.5 Å². The maximum absolute atomic E-state index is 12.9. The van der Waals surface area contributed by atoms with Crippen molar-refractivity contribution >= 4 is 11.8 Å². The van der Waals surface area contributed by atoms with Crippen molar-refractivity contribution in [3.05, 3.63) is 18.5 Å². The summed E-state index contributed by atoms with van der Waals surface area (Å²) >= 11 is 0. The number of ether oxygens (including phenoxy) is 1. The van der Waals surface area contributed by atoms with E-state index in [2.05, 4.69) is 10.00 Å². The number of carbonyl (C=O) groups is 2. The van der Waals surface area contributed by atoms with Crippen molar-refractivity contribution in [2.75, 3.05) is 52.5 Å². The summed E-state index contributed by atoms with van der Waals surface area (Å²) in [5.74, 6) is 0.562. The van der Waals surface area contributed by atoms with Gasteiger partial charge in [-0.15, -0.1) is 0 Å². The summed E-state index contributed by atoms with van der Waals surface area (Å²) in [6.45, 7) is 6.61. The van der Waals surface area contributed by atoms with Crippen molar-refractivity contribution < 1.29 is 14.3 Å². The maximum atomic E-state index is 12.9. The van der Waals surface area contributed by atoms with Crippen LogP contribution in [0, 0.1) is 5.92 Å². The highest BCUT2D eigenvalue weighted by Crippen LogP contribution is 2.25. The first kappa shape index (κ1) is 19.4. The van der Waals surface area contributed by atoms with Crippen LogP contribution in [0.5, 0.6) is 0 Å². The van der Waals surface area contributed by atoms with E-state index < -0.39 is 0 Å². The monoisotopic (exact) mass is 389 g/mol. The molecule has 0 aromatic carbocycles. The molecule has 0 unspecified atom stereocenters. The first-order valence-corrected chi connectivity index (χ1v) is 10.6. The first-order valence-electron chi connectivity index (χ1n) is 10.6. The molecule has 0 radical (unpaired) electrons. The number of carbonyl (C=O) groups excluding carboxylic acids is 2. The third-order valence-electron chi connectivity index (χ3n) is 6.31. The number of hydrogen-bond donors (Lipinski definition) is 0. The first-order chi connectivity index (χ1) is 13.7. The molecule has 1 atom stereocenters. The minimum atomic E-state index is 0.117. The molecule has 1 aromatic heterocycles. The molecule has 0 N–H and O–H groups in total. The minimum Gasteiger partial charge on any atom is -0.378 e. The van der Waals surface area contributed by atoms with Crippen molar-refractivity contribution in [2.24, 2.45) is 5.92 Å². The summed E-state index contributed by atoms with van der Waals surface area (Å²) in [5.41, 5.74) is 0. The second-order valence-electron chi connectivity index (χ2n) is 8.09. The van der Waals surface area contributed by atoms with Crippen LogP contribution < -0.4 is 0 Å². The molecule has 0 aliphatic carbocycles. The third kappa shape index (κ3) is 4.55. The summed E-state index contributed by atoms with van der Waals surface area (Å²) < 4.78 is 7.06.